The summed E-state index contributed by atoms with van der Waals surface area (Å²) in [5.41, 5.74) is -2.31. The van der Waals surface area contributed by atoms with Crippen LogP contribution in [0.2, 0.25) is 0 Å². The van der Waals surface area contributed by atoms with E-state index in [2.05, 4.69) is 15.6 Å². The van der Waals surface area contributed by atoms with Gasteiger partial charge in [0, 0.05) is 31.8 Å². The van der Waals surface area contributed by atoms with E-state index in [0.717, 1.165) is 10.4 Å². The van der Waals surface area contributed by atoms with Crippen molar-refractivity contribution in [3.63, 3.8) is 0 Å². The van der Waals surface area contributed by atoms with Gasteiger partial charge in [0.1, 0.15) is 28.0 Å². The van der Waals surface area contributed by atoms with Crippen molar-refractivity contribution in [2.24, 2.45) is 4.99 Å². The molecular formula is C17H22F2N4O4S. The summed E-state index contributed by atoms with van der Waals surface area (Å²) in [6.07, 6.45) is -0.990. The molecule has 0 aliphatic carbocycles. The minimum absolute atomic E-state index is 0.0301. The molecule has 3 rings (SSSR count). The Hall–Kier alpha value is -2.27. The largest absolute Gasteiger partial charge is 0.442 e. The number of nitrogens with one attached hydrogen (secondary N) is 2. The highest BCUT2D eigenvalue weighted by Gasteiger charge is 2.58. The van der Waals surface area contributed by atoms with Gasteiger partial charge in [-0.05, 0) is 26.8 Å². The van der Waals surface area contributed by atoms with Crippen LogP contribution >= 0.6 is 0 Å². The van der Waals surface area contributed by atoms with E-state index in [1.165, 1.54) is 13.1 Å². The lowest BCUT2D eigenvalue weighted by Crippen LogP contribution is -2.67. The fourth-order valence-electron chi connectivity index (χ4n) is 3.42. The summed E-state index contributed by atoms with van der Waals surface area (Å²) < 4.78 is 60.0. The van der Waals surface area contributed by atoms with E-state index in [1.54, 1.807) is 20.8 Å². The Labute approximate surface area is 162 Å². The van der Waals surface area contributed by atoms with E-state index < -0.39 is 44.1 Å². The molecule has 2 aliphatic rings. The summed E-state index contributed by atoms with van der Waals surface area (Å²) in [5, 5.41) is 4.75. The Balaban J connectivity index is 2.11. The highest BCUT2D eigenvalue weighted by atomic mass is 32.2. The number of carbonyl (C=O) groups excluding carboxylic acids is 1. The number of benzene rings is 1. The fourth-order valence-corrected chi connectivity index (χ4v) is 5.23. The van der Waals surface area contributed by atoms with Crippen molar-refractivity contribution >= 4 is 22.1 Å². The van der Waals surface area contributed by atoms with Crippen molar-refractivity contribution in [2.45, 2.75) is 37.2 Å². The number of hydrogen-bond acceptors (Lipinski definition) is 5. The first-order valence-electron chi connectivity index (χ1n) is 8.61. The number of fused-ring (bicyclic) bond motifs is 1. The van der Waals surface area contributed by atoms with Crippen LogP contribution in [-0.4, -0.2) is 55.8 Å². The molecule has 0 aromatic heterocycles. The minimum Gasteiger partial charge on any atom is -0.442 e. The molecule has 0 bridgehead atoms. The van der Waals surface area contributed by atoms with Gasteiger partial charge in [0.05, 0.1) is 0 Å². The lowest BCUT2D eigenvalue weighted by molar-refractivity contribution is 0.0601. The second-order valence-corrected chi connectivity index (χ2v) is 9.91. The molecular weight excluding hydrogens is 394 g/mol. The second kappa shape index (κ2) is 6.66. The third-order valence-corrected chi connectivity index (χ3v) is 6.88. The number of ether oxygens (including phenoxy) is 1. The summed E-state index contributed by atoms with van der Waals surface area (Å²) in [6, 6.07) is 2.94. The first kappa shape index (κ1) is 20.5. The summed E-state index contributed by atoms with van der Waals surface area (Å²) in [4.78, 5) is 15.9. The molecule has 2 unspecified atom stereocenters. The van der Waals surface area contributed by atoms with Gasteiger partial charge in [0.25, 0.3) is 0 Å². The van der Waals surface area contributed by atoms with Crippen LogP contribution in [0.3, 0.4) is 0 Å². The lowest BCUT2D eigenvalue weighted by Gasteiger charge is -2.44. The van der Waals surface area contributed by atoms with Crippen LogP contribution in [0.15, 0.2) is 23.2 Å². The zero-order valence-corrected chi connectivity index (χ0v) is 16.7. The number of amides is 1. The molecule has 2 N–H and O–H groups in total. The fraction of sp³-hybridized carbons (Fsp3) is 0.529. The van der Waals surface area contributed by atoms with Crippen molar-refractivity contribution < 1.29 is 26.7 Å². The number of sulfonamides is 1. The predicted molar refractivity (Wildman–Crippen MR) is 98.2 cm³/mol. The molecule has 2 atom stereocenters. The highest BCUT2D eigenvalue weighted by Crippen LogP contribution is 2.38. The maximum absolute atomic E-state index is 14.6. The standard InChI is InChI=1S/C17H22F2N4O4S/c1-16(2,3)27-15(24)21-14-22-17(11-6-5-10(18)7-12(11)19)9-20-8-13(17)28(25,26)23(14)4/h5-7,13,20H,8-9H2,1-4H3,(H,21,22,24). The Morgan fingerprint density at radius 1 is 1.36 bits per heavy atom. The van der Waals surface area contributed by atoms with Crippen LogP contribution in [0.1, 0.15) is 26.3 Å². The normalized spacial score (nSPS) is 28.0. The molecule has 2 heterocycles. The van der Waals surface area contributed by atoms with E-state index in [0.29, 0.717) is 6.07 Å². The molecule has 2 fully saturated rings. The molecule has 1 amide bonds. The highest BCUT2D eigenvalue weighted by molar-refractivity contribution is 7.90. The monoisotopic (exact) mass is 416 g/mol. The van der Waals surface area contributed by atoms with Gasteiger partial charge in [0.15, 0.2) is 0 Å². The zero-order valence-electron chi connectivity index (χ0n) is 15.9. The van der Waals surface area contributed by atoms with Crippen LogP contribution < -0.4 is 10.6 Å². The molecule has 11 heteroatoms. The van der Waals surface area contributed by atoms with Gasteiger partial charge in [-0.15, -0.1) is 4.99 Å². The van der Waals surface area contributed by atoms with Crippen LogP contribution in [0.4, 0.5) is 13.6 Å². The average Bonchev–Trinajstić information content (AvgIpc) is 2.96. The number of halogens is 2. The van der Waals surface area contributed by atoms with Crippen LogP contribution in [0.5, 0.6) is 0 Å². The Bertz CT molecular complexity index is 945. The topological polar surface area (TPSA) is 100 Å². The number of guanidine groups is 1. The molecule has 1 aromatic carbocycles. The molecule has 2 aliphatic heterocycles. The van der Waals surface area contributed by atoms with Crippen molar-refractivity contribution in [2.75, 3.05) is 20.1 Å². The maximum Gasteiger partial charge on any atom is 0.437 e. The summed E-state index contributed by atoms with van der Waals surface area (Å²) in [5.74, 6) is -1.96. The Kier molecular flexibility index (Phi) is 4.87. The van der Waals surface area contributed by atoms with E-state index in [9.17, 15) is 22.0 Å². The van der Waals surface area contributed by atoms with Gasteiger partial charge in [0.2, 0.25) is 16.0 Å². The predicted octanol–water partition coefficient (Wildman–Crippen LogP) is 1.29. The van der Waals surface area contributed by atoms with Gasteiger partial charge in [-0.2, -0.15) is 0 Å². The van der Waals surface area contributed by atoms with Crippen LogP contribution in [-0.2, 0) is 20.3 Å². The third-order valence-electron chi connectivity index (χ3n) is 4.66. The molecule has 8 nitrogen and oxygen atoms in total. The summed E-state index contributed by atoms with van der Waals surface area (Å²) in [6.45, 7) is 5.03. The SMILES string of the molecule is CN1/C(=N/C(=O)OC(C)(C)C)NC2(c3ccc(F)cc3F)CNCC2S1(=O)=O. The van der Waals surface area contributed by atoms with Gasteiger partial charge < -0.3 is 15.4 Å². The van der Waals surface area contributed by atoms with Gasteiger partial charge in [-0.3, -0.25) is 0 Å². The number of carbonyl (C=O) groups is 1. The molecule has 28 heavy (non-hydrogen) atoms. The smallest absolute Gasteiger partial charge is 0.437 e. The molecule has 0 radical (unpaired) electrons. The van der Waals surface area contributed by atoms with Crippen LogP contribution in [0, 0.1) is 11.6 Å². The second-order valence-electron chi connectivity index (χ2n) is 7.77. The first-order valence-corrected chi connectivity index (χ1v) is 10.1. The molecule has 2 saturated heterocycles. The number of nitrogens with zero attached hydrogens (tertiary/aromatic N) is 2. The van der Waals surface area contributed by atoms with Crippen molar-refractivity contribution in [3.05, 3.63) is 35.4 Å². The quantitative estimate of drug-likeness (QED) is 0.716. The van der Waals surface area contributed by atoms with Crippen molar-refractivity contribution in [3.8, 4) is 0 Å². The van der Waals surface area contributed by atoms with E-state index in [4.69, 9.17) is 4.74 Å². The van der Waals surface area contributed by atoms with Gasteiger partial charge in [-0.25, -0.2) is 26.3 Å². The summed E-state index contributed by atoms with van der Waals surface area (Å²) in [7, 11) is -2.76. The van der Waals surface area contributed by atoms with Crippen LogP contribution in [0.25, 0.3) is 0 Å². The number of aliphatic imine (C=N–C) groups is 1. The maximum atomic E-state index is 14.6. The Morgan fingerprint density at radius 3 is 2.64 bits per heavy atom. The molecule has 1 aromatic rings. The van der Waals surface area contributed by atoms with E-state index in [-0.39, 0.29) is 24.6 Å². The minimum atomic E-state index is -4.00. The molecule has 154 valence electrons. The zero-order chi connectivity index (χ0) is 20.9. The van der Waals surface area contributed by atoms with Gasteiger partial charge >= 0.3 is 6.09 Å². The third kappa shape index (κ3) is 3.44. The van der Waals surface area contributed by atoms with Crippen molar-refractivity contribution in [1.29, 1.82) is 0 Å². The van der Waals surface area contributed by atoms with E-state index in [1.807, 2.05) is 0 Å². The number of hydrogen-bond donors (Lipinski definition) is 2. The number of rotatable bonds is 1. The average molecular weight is 416 g/mol. The molecule has 0 spiro atoms. The lowest BCUT2D eigenvalue weighted by atomic mass is 9.88. The summed E-state index contributed by atoms with van der Waals surface area (Å²) >= 11 is 0. The van der Waals surface area contributed by atoms with Gasteiger partial charge in [-0.1, -0.05) is 6.07 Å². The van der Waals surface area contributed by atoms with E-state index >= 15 is 0 Å². The Morgan fingerprint density at radius 2 is 2.04 bits per heavy atom. The molecule has 0 saturated carbocycles. The first-order chi connectivity index (χ1) is 12.9. The van der Waals surface area contributed by atoms with Crippen molar-refractivity contribution in [1.82, 2.24) is 14.9 Å².